The SMILES string of the molecule is CCCNCc1ccc(Cl)cc1-n1cnc(C#N)n1. The summed E-state index contributed by atoms with van der Waals surface area (Å²) in [6.45, 7) is 3.79. The fraction of sp³-hybridized carbons (Fsp3) is 0.308. The minimum atomic E-state index is 0.146. The zero-order valence-electron chi connectivity index (χ0n) is 10.6. The number of hydrogen-bond donors (Lipinski definition) is 1. The smallest absolute Gasteiger partial charge is 0.252 e. The second-order valence-corrected chi connectivity index (χ2v) is 4.51. The van der Waals surface area contributed by atoms with Crippen LogP contribution >= 0.6 is 11.6 Å². The number of benzene rings is 1. The summed E-state index contributed by atoms with van der Waals surface area (Å²) >= 11 is 6.02. The van der Waals surface area contributed by atoms with E-state index in [1.807, 2.05) is 24.3 Å². The first-order valence-electron chi connectivity index (χ1n) is 6.06. The van der Waals surface area contributed by atoms with Crippen molar-refractivity contribution in [1.82, 2.24) is 20.1 Å². The highest BCUT2D eigenvalue weighted by atomic mass is 35.5. The van der Waals surface area contributed by atoms with E-state index in [2.05, 4.69) is 22.3 Å². The predicted octanol–water partition coefficient (Wildman–Crippen LogP) is 2.29. The largest absolute Gasteiger partial charge is 0.313 e. The third-order valence-corrected chi connectivity index (χ3v) is 2.86. The first kappa shape index (κ1) is 13.5. The molecule has 0 spiro atoms. The number of hydrogen-bond acceptors (Lipinski definition) is 4. The molecular weight excluding hydrogens is 262 g/mol. The topological polar surface area (TPSA) is 66.5 Å². The third kappa shape index (κ3) is 3.31. The molecule has 19 heavy (non-hydrogen) atoms. The molecule has 0 amide bonds. The van der Waals surface area contributed by atoms with Gasteiger partial charge >= 0.3 is 0 Å². The van der Waals surface area contributed by atoms with Crippen LogP contribution in [0.5, 0.6) is 0 Å². The van der Waals surface area contributed by atoms with Crippen LogP contribution in [0.4, 0.5) is 0 Å². The highest BCUT2D eigenvalue weighted by molar-refractivity contribution is 6.30. The molecule has 0 aliphatic heterocycles. The lowest BCUT2D eigenvalue weighted by molar-refractivity contribution is 0.670. The number of aromatic nitrogens is 3. The minimum absolute atomic E-state index is 0.146. The van der Waals surface area contributed by atoms with Gasteiger partial charge in [-0.15, -0.1) is 5.10 Å². The first-order chi connectivity index (χ1) is 9.24. The van der Waals surface area contributed by atoms with Crippen LogP contribution in [0.15, 0.2) is 24.5 Å². The Hall–Kier alpha value is -1.90. The molecule has 0 bridgehead atoms. The third-order valence-electron chi connectivity index (χ3n) is 2.63. The van der Waals surface area contributed by atoms with Crippen molar-refractivity contribution in [3.05, 3.63) is 40.9 Å². The van der Waals surface area contributed by atoms with Crippen molar-refractivity contribution in [2.45, 2.75) is 19.9 Å². The second kappa shape index (κ2) is 6.32. The number of nitriles is 1. The lowest BCUT2D eigenvalue weighted by atomic mass is 10.1. The van der Waals surface area contributed by atoms with Crippen LogP contribution < -0.4 is 5.32 Å². The second-order valence-electron chi connectivity index (χ2n) is 4.07. The van der Waals surface area contributed by atoms with Crippen LogP contribution in [0.1, 0.15) is 24.7 Å². The van der Waals surface area contributed by atoms with Crippen molar-refractivity contribution in [2.75, 3.05) is 6.54 Å². The fourth-order valence-corrected chi connectivity index (χ4v) is 1.90. The van der Waals surface area contributed by atoms with Gasteiger partial charge in [0.15, 0.2) is 0 Å². The summed E-state index contributed by atoms with van der Waals surface area (Å²) in [4.78, 5) is 3.91. The number of nitrogens with one attached hydrogen (secondary N) is 1. The van der Waals surface area contributed by atoms with E-state index in [9.17, 15) is 0 Å². The summed E-state index contributed by atoms with van der Waals surface area (Å²) in [5.74, 6) is 0.146. The summed E-state index contributed by atoms with van der Waals surface area (Å²) in [7, 11) is 0. The Bertz CT molecular complexity index is 599. The van der Waals surface area contributed by atoms with Crippen molar-refractivity contribution in [1.29, 1.82) is 5.26 Å². The Morgan fingerprint density at radius 2 is 2.32 bits per heavy atom. The molecule has 1 heterocycles. The normalized spacial score (nSPS) is 10.4. The number of halogens is 1. The summed E-state index contributed by atoms with van der Waals surface area (Å²) in [6, 6.07) is 7.53. The van der Waals surface area contributed by atoms with E-state index in [1.165, 1.54) is 6.33 Å². The molecule has 0 saturated carbocycles. The summed E-state index contributed by atoms with van der Waals surface area (Å²) in [5.41, 5.74) is 1.90. The first-order valence-corrected chi connectivity index (χ1v) is 6.43. The summed E-state index contributed by atoms with van der Waals surface area (Å²) < 4.78 is 1.58. The monoisotopic (exact) mass is 275 g/mol. The van der Waals surface area contributed by atoms with Gasteiger partial charge in [-0.25, -0.2) is 9.67 Å². The Balaban J connectivity index is 2.31. The van der Waals surface area contributed by atoms with Crippen LogP contribution in [0.2, 0.25) is 5.02 Å². The Morgan fingerprint density at radius 1 is 1.47 bits per heavy atom. The molecule has 0 aliphatic carbocycles. The van der Waals surface area contributed by atoms with E-state index in [1.54, 1.807) is 4.68 Å². The molecule has 0 radical (unpaired) electrons. The predicted molar refractivity (Wildman–Crippen MR) is 73.1 cm³/mol. The zero-order valence-corrected chi connectivity index (χ0v) is 11.4. The maximum Gasteiger partial charge on any atom is 0.252 e. The van der Waals surface area contributed by atoms with Gasteiger partial charge in [0, 0.05) is 11.6 Å². The van der Waals surface area contributed by atoms with Crippen LogP contribution in [0, 0.1) is 11.3 Å². The molecule has 98 valence electrons. The van der Waals surface area contributed by atoms with Gasteiger partial charge in [0.2, 0.25) is 0 Å². The molecule has 0 atom stereocenters. The van der Waals surface area contributed by atoms with E-state index >= 15 is 0 Å². The molecule has 0 aliphatic rings. The van der Waals surface area contributed by atoms with Gasteiger partial charge in [0.1, 0.15) is 12.4 Å². The van der Waals surface area contributed by atoms with Gasteiger partial charge in [-0.2, -0.15) is 5.26 Å². The molecule has 6 heteroatoms. The van der Waals surface area contributed by atoms with Crippen LogP contribution in [-0.4, -0.2) is 21.3 Å². The van der Waals surface area contributed by atoms with E-state index in [0.717, 1.165) is 30.8 Å². The average Bonchev–Trinajstić information content (AvgIpc) is 2.89. The minimum Gasteiger partial charge on any atom is -0.313 e. The molecule has 2 aromatic rings. The molecular formula is C13H14ClN5. The Morgan fingerprint density at radius 3 is 3.00 bits per heavy atom. The molecule has 0 saturated heterocycles. The lowest BCUT2D eigenvalue weighted by Gasteiger charge is -2.10. The van der Waals surface area contributed by atoms with Crippen LogP contribution in [-0.2, 0) is 6.54 Å². The van der Waals surface area contributed by atoms with E-state index in [-0.39, 0.29) is 5.82 Å². The number of rotatable bonds is 5. The maximum atomic E-state index is 8.77. The zero-order chi connectivity index (χ0) is 13.7. The van der Waals surface area contributed by atoms with E-state index < -0.39 is 0 Å². The number of nitrogens with zero attached hydrogens (tertiary/aromatic N) is 4. The molecule has 1 N–H and O–H groups in total. The molecule has 0 unspecified atom stereocenters. The van der Waals surface area contributed by atoms with Gasteiger partial charge in [0.25, 0.3) is 5.82 Å². The lowest BCUT2D eigenvalue weighted by Crippen LogP contribution is -2.15. The fourth-order valence-electron chi connectivity index (χ4n) is 1.73. The van der Waals surface area contributed by atoms with Crippen LogP contribution in [0.3, 0.4) is 0 Å². The van der Waals surface area contributed by atoms with Crippen molar-refractivity contribution in [2.24, 2.45) is 0 Å². The summed E-state index contributed by atoms with van der Waals surface area (Å²) in [6.07, 6.45) is 2.60. The molecule has 2 rings (SSSR count). The molecule has 1 aromatic carbocycles. The molecule has 1 aromatic heterocycles. The van der Waals surface area contributed by atoms with Crippen LogP contribution in [0.25, 0.3) is 5.69 Å². The van der Waals surface area contributed by atoms with Gasteiger partial charge in [-0.1, -0.05) is 24.6 Å². The highest BCUT2D eigenvalue weighted by Gasteiger charge is 2.08. The summed E-state index contributed by atoms with van der Waals surface area (Å²) in [5, 5.41) is 16.8. The van der Waals surface area contributed by atoms with Gasteiger partial charge in [-0.05, 0) is 30.7 Å². The van der Waals surface area contributed by atoms with Crippen molar-refractivity contribution >= 4 is 11.6 Å². The van der Waals surface area contributed by atoms with Gasteiger partial charge in [-0.3, -0.25) is 0 Å². The molecule has 0 fully saturated rings. The van der Waals surface area contributed by atoms with E-state index in [0.29, 0.717) is 5.02 Å². The Kier molecular flexibility index (Phi) is 4.50. The molecule has 5 nitrogen and oxygen atoms in total. The van der Waals surface area contributed by atoms with E-state index in [4.69, 9.17) is 16.9 Å². The standard InChI is InChI=1S/C13H14ClN5/c1-2-5-16-8-10-3-4-11(14)6-12(10)19-9-17-13(7-15)18-19/h3-4,6,9,16H,2,5,8H2,1H3. The quantitative estimate of drug-likeness (QED) is 0.850. The van der Waals surface area contributed by atoms with Crippen molar-refractivity contribution in [3.8, 4) is 11.8 Å². The van der Waals surface area contributed by atoms with Crippen molar-refractivity contribution < 1.29 is 0 Å². The van der Waals surface area contributed by atoms with Crippen molar-refractivity contribution in [3.63, 3.8) is 0 Å². The average molecular weight is 276 g/mol. The van der Waals surface area contributed by atoms with Gasteiger partial charge in [0.05, 0.1) is 5.69 Å². The maximum absolute atomic E-state index is 8.77. The van der Waals surface area contributed by atoms with Gasteiger partial charge < -0.3 is 5.32 Å². The highest BCUT2D eigenvalue weighted by Crippen LogP contribution is 2.19. The Labute approximate surface area is 116 Å².